The van der Waals surface area contributed by atoms with Crippen LogP contribution in [0.25, 0.3) is 11.3 Å². The molecule has 0 aliphatic carbocycles. The summed E-state index contributed by atoms with van der Waals surface area (Å²) in [5.41, 5.74) is 4.18. The Kier molecular flexibility index (Phi) is 6.34. The molecule has 33 heavy (non-hydrogen) atoms. The molecule has 0 N–H and O–H groups in total. The topological polar surface area (TPSA) is 81.4 Å². The van der Waals surface area contributed by atoms with Crippen LogP contribution in [0, 0.1) is 6.92 Å². The van der Waals surface area contributed by atoms with E-state index in [0.29, 0.717) is 28.4 Å². The number of aromatic nitrogens is 3. The zero-order chi connectivity index (χ0) is 22.8. The molecule has 0 spiro atoms. The maximum atomic E-state index is 12.9. The van der Waals surface area contributed by atoms with Crippen LogP contribution in [0.4, 0.5) is 5.69 Å². The van der Waals surface area contributed by atoms with Crippen molar-refractivity contribution in [2.24, 2.45) is 0 Å². The van der Waals surface area contributed by atoms with Crippen molar-refractivity contribution in [1.29, 1.82) is 0 Å². The standard InChI is InChI=1S/C23H19ClN4O3S2/c1-14-25-19(12-32-14)15-2-7-20-16(10-15)8-9-28(20)22(29)13-33-23-27-26-21(31-23)11-30-18-5-3-17(24)4-6-18/h2-7,10,12H,8-9,11,13H2,1H3. The molecule has 0 saturated heterocycles. The number of aryl methyl sites for hydroxylation is 1. The summed E-state index contributed by atoms with van der Waals surface area (Å²) in [6.45, 7) is 2.81. The van der Waals surface area contributed by atoms with E-state index in [-0.39, 0.29) is 18.3 Å². The second-order valence-corrected chi connectivity index (χ2v) is 9.81. The summed E-state index contributed by atoms with van der Waals surface area (Å²) in [4.78, 5) is 19.2. The van der Waals surface area contributed by atoms with Crippen molar-refractivity contribution in [1.82, 2.24) is 15.2 Å². The Morgan fingerprint density at radius 1 is 1.24 bits per heavy atom. The number of carbonyl (C=O) groups excluding carboxylic acids is 1. The number of thiazole rings is 1. The number of fused-ring (bicyclic) bond motifs is 1. The molecule has 0 fully saturated rings. The van der Waals surface area contributed by atoms with Crippen LogP contribution in [0.3, 0.4) is 0 Å². The maximum absolute atomic E-state index is 12.9. The average molecular weight is 499 g/mol. The van der Waals surface area contributed by atoms with Gasteiger partial charge in [-0.3, -0.25) is 4.79 Å². The molecule has 1 aliphatic heterocycles. The van der Waals surface area contributed by atoms with Gasteiger partial charge in [-0.15, -0.1) is 21.5 Å². The van der Waals surface area contributed by atoms with E-state index < -0.39 is 0 Å². The summed E-state index contributed by atoms with van der Waals surface area (Å²) in [6, 6.07) is 13.2. The number of hydrogen-bond donors (Lipinski definition) is 0. The first-order valence-corrected chi connectivity index (χ1v) is 12.5. The smallest absolute Gasteiger partial charge is 0.277 e. The van der Waals surface area contributed by atoms with Gasteiger partial charge in [-0.2, -0.15) is 0 Å². The third-order valence-electron chi connectivity index (χ3n) is 5.13. The van der Waals surface area contributed by atoms with E-state index in [1.165, 1.54) is 11.8 Å². The Hall–Kier alpha value is -2.88. The lowest BCUT2D eigenvalue weighted by molar-refractivity contribution is -0.116. The lowest BCUT2D eigenvalue weighted by atomic mass is 10.1. The first-order valence-electron chi connectivity index (χ1n) is 10.2. The van der Waals surface area contributed by atoms with Gasteiger partial charge in [-0.05, 0) is 55.3 Å². The van der Waals surface area contributed by atoms with Crippen molar-refractivity contribution in [2.45, 2.75) is 25.2 Å². The minimum absolute atomic E-state index is 0.00756. The minimum atomic E-state index is 0.00756. The zero-order valence-electron chi connectivity index (χ0n) is 17.7. The van der Waals surface area contributed by atoms with Crippen LogP contribution in [0.2, 0.25) is 5.02 Å². The number of benzene rings is 2. The number of nitrogens with zero attached hydrogens (tertiary/aromatic N) is 4. The number of rotatable bonds is 7. The third-order valence-corrected chi connectivity index (χ3v) is 6.96. The SMILES string of the molecule is Cc1nc(-c2ccc3c(c2)CCN3C(=O)CSc2nnc(COc3ccc(Cl)cc3)o2)cs1. The maximum Gasteiger partial charge on any atom is 0.277 e. The van der Waals surface area contributed by atoms with Crippen molar-refractivity contribution in [3.63, 3.8) is 0 Å². The van der Waals surface area contributed by atoms with Crippen LogP contribution >= 0.6 is 34.7 Å². The molecule has 0 unspecified atom stereocenters. The number of anilines is 1. The molecule has 0 atom stereocenters. The van der Waals surface area contributed by atoms with Gasteiger partial charge >= 0.3 is 0 Å². The van der Waals surface area contributed by atoms with Crippen LogP contribution in [0.15, 0.2) is 57.5 Å². The second kappa shape index (κ2) is 9.54. The molecule has 168 valence electrons. The summed E-state index contributed by atoms with van der Waals surface area (Å²) in [7, 11) is 0. The van der Waals surface area contributed by atoms with Crippen molar-refractivity contribution in [2.75, 3.05) is 17.2 Å². The summed E-state index contributed by atoms with van der Waals surface area (Å²) in [5.74, 6) is 1.22. The van der Waals surface area contributed by atoms with Gasteiger partial charge in [0, 0.05) is 28.2 Å². The Bertz CT molecular complexity index is 1290. The Labute approximate surface area is 203 Å². The van der Waals surface area contributed by atoms with Crippen LogP contribution in [0.5, 0.6) is 5.75 Å². The molecule has 1 amide bonds. The van der Waals surface area contributed by atoms with Crippen LogP contribution in [0.1, 0.15) is 16.5 Å². The fraction of sp³-hybridized carbons (Fsp3) is 0.217. The van der Waals surface area contributed by atoms with E-state index in [1.807, 2.05) is 24.0 Å². The van der Waals surface area contributed by atoms with E-state index >= 15 is 0 Å². The molecule has 1 aliphatic rings. The molecule has 2 aromatic carbocycles. The lowest BCUT2D eigenvalue weighted by Gasteiger charge is -2.16. The summed E-state index contributed by atoms with van der Waals surface area (Å²) < 4.78 is 11.2. The number of amides is 1. The fourth-order valence-corrected chi connectivity index (χ4v) is 4.95. The molecule has 0 bridgehead atoms. The highest BCUT2D eigenvalue weighted by molar-refractivity contribution is 7.99. The van der Waals surface area contributed by atoms with E-state index in [4.69, 9.17) is 20.8 Å². The molecular weight excluding hydrogens is 480 g/mol. The summed E-state index contributed by atoms with van der Waals surface area (Å²) in [6.07, 6.45) is 0.829. The van der Waals surface area contributed by atoms with Gasteiger partial charge in [-0.25, -0.2) is 4.98 Å². The monoisotopic (exact) mass is 498 g/mol. The highest BCUT2D eigenvalue weighted by atomic mass is 35.5. The molecule has 4 aromatic rings. The van der Waals surface area contributed by atoms with E-state index in [1.54, 1.807) is 35.6 Å². The van der Waals surface area contributed by atoms with Gasteiger partial charge in [0.25, 0.3) is 11.1 Å². The molecule has 0 saturated carbocycles. The molecule has 5 rings (SSSR count). The van der Waals surface area contributed by atoms with E-state index in [0.717, 1.165) is 33.9 Å². The number of ether oxygens (including phenoxy) is 1. The van der Waals surface area contributed by atoms with Crippen molar-refractivity contribution in [3.05, 3.63) is 69.3 Å². The largest absolute Gasteiger partial charge is 0.484 e. The van der Waals surface area contributed by atoms with Gasteiger partial charge in [0.2, 0.25) is 5.91 Å². The first kappa shape index (κ1) is 21.9. The molecule has 10 heteroatoms. The average Bonchev–Trinajstić information content (AvgIpc) is 3.56. The number of hydrogen-bond acceptors (Lipinski definition) is 8. The molecular formula is C23H19ClN4O3S2. The van der Waals surface area contributed by atoms with Crippen molar-refractivity contribution < 1.29 is 13.9 Å². The van der Waals surface area contributed by atoms with Gasteiger partial charge < -0.3 is 14.1 Å². The summed E-state index contributed by atoms with van der Waals surface area (Å²) in [5, 5.41) is 12.1. The van der Waals surface area contributed by atoms with Gasteiger partial charge in [0.05, 0.1) is 16.5 Å². The second-order valence-electron chi connectivity index (χ2n) is 7.38. The molecule has 7 nitrogen and oxygen atoms in total. The highest BCUT2D eigenvalue weighted by Crippen LogP contribution is 2.33. The fourth-order valence-electron chi connectivity index (χ4n) is 3.55. The number of halogens is 1. The third kappa shape index (κ3) is 5.05. The Balaban J connectivity index is 1.17. The minimum Gasteiger partial charge on any atom is -0.484 e. The van der Waals surface area contributed by atoms with Gasteiger partial charge in [-0.1, -0.05) is 29.4 Å². The lowest BCUT2D eigenvalue weighted by Crippen LogP contribution is -2.30. The van der Waals surface area contributed by atoms with Gasteiger partial charge in [0.15, 0.2) is 6.61 Å². The highest BCUT2D eigenvalue weighted by Gasteiger charge is 2.25. The number of carbonyl (C=O) groups is 1. The van der Waals surface area contributed by atoms with Crippen molar-refractivity contribution in [3.8, 4) is 17.0 Å². The first-order chi connectivity index (χ1) is 16.0. The number of thioether (sulfide) groups is 1. The van der Waals surface area contributed by atoms with E-state index in [9.17, 15) is 4.79 Å². The predicted molar refractivity (Wildman–Crippen MR) is 129 cm³/mol. The molecule has 2 aromatic heterocycles. The molecule has 0 radical (unpaired) electrons. The summed E-state index contributed by atoms with van der Waals surface area (Å²) >= 11 is 8.73. The Morgan fingerprint density at radius 3 is 2.88 bits per heavy atom. The predicted octanol–water partition coefficient (Wildman–Crippen LogP) is 5.42. The normalized spacial score (nSPS) is 12.7. The van der Waals surface area contributed by atoms with Crippen molar-refractivity contribution >= 4 is 46.3 Å². The van der Waals surface area contributed by atoms with Crippen LogP contribution in [-0.4, -0.2) is 33.4 Å². The Morgan fingerprint density at radius 2 is 2.09 bits per heavy atom. The quantitative estimate of drug-likeness (QED) is 0.315. The van der Waals surface area contributed by atoms with Crippen LogP contribution in [-0.2, 0) is 17.8 Å². The zero-order valence-corrected chi connectivity index (χ0v) is 20.0. The van der Waals surface area contributed by atoms with E-state index in [2.05, 4.69) is 26.6 Å². The van der Waals surface area contributed by atoms with Crippen LogP contribution < -0.4 is 9.64 Å². The molecule has 3 heterocycles. The van der Waals surface area contributed by atoms with Gasteiger partial charge in [0.1, 0.15) is 5.75 Å².